The van der Waals surface area contributed by atoms with Gasteiger partial charge in [-0.3, -0.25) is 14.9 Å². The van der Waals surface area contributed by atoms with Crippen molar-refractivity contribution in [2.45, 2.75) is 52.0 Å². The van der Waals surface area contributed by atoms with Gasteiger partial charge in [0, 0.05) is 36.0 Å². The number of carbonyl (C=O) groups excluding carboxylic acids is 1. The van der Waals surface area contributed by atoms with E-state index in [4.69, 9.17) is 0 Å². The van der Waals surface area contributed by atoms with Crippen LogP contribution in [0.4, 0.5) is 10.1 Å². The van der Waals surface area contributed by atoms with Crippen LogP contribution in [0.1, 0.15) is 55.7 Å². The molecule has 0 bridgehead atoms. The summed E-state index contributed by atoms with van der Waals surface area (Å²) >= 11 is 0. The maximum absolute atomic E-state index is 14.5. The quantitative estimate of drug-likeness (QED) is 0.456. The van der Waals surface area contributed by atoms with Crippen LogP contribution in [0.5, 0.6) is 0 Å². The number of aryl methyl sites for hydroxylation is 1. The minimum atomic E-state index is -0.731. The normalized spacial score (nSPS) is 17.0. The zero-order valence-corrected chi connectivity index (χ0v) is 17.5. The molecular formula is C22H24FN5O3. The third-order valence-corrected chi connectivity index (χ3v) is 5.84. The van der Waals surface area contributed by atoms with E-state index in [1.54, 1.807) is 16.6 Å². The highest BCUT2D eigenvalue weighted by atomic mass is 19.1. The van der Waals surface area contributed by atoms with Crippen molar-refractivity contribution in [3.63, 3.8) is 0 Å². The predicted molar refractivity (Wildman–Crippen MR) is 113 cm³/mol. The zero-order valence-electron chi connectivity index (χ0n) is 17.5. The molecule has 3 aromatic rings. The molecule has 1 saturated heterocycles. The molecule has 3 heterocycles. The van der Waals surface area contributed by atoms with Crippen LogP contribution in [0, 0.1) is 15.9 Å². The number of nitro groups is 1. The highest BCUT2D eigenvalue weighted by Gasteiger charge is 2.25. The first kappa shape index (κ1) is 20.9. The summed E-state index contributed by atoms with van der Waals surface area (Å²) in [5, 5.41) is 15.3. The number of rotatable bonds is 4. The fourth-order valence-electron chi connectivity index (χ4n) is 4.08. The Morgan fingerprint density at radius 3 is 2.77 bits per heavy atom. The molecule has 31 heavy (non-hydrogen) atoms. The van der Waals surface area contributed by atoms with Gasteiger partial charge in [0.15, 0.2) is 5.65 Å². The molecule has 0 N–H and O–H groups in total. The van der Waals surface area contributed by atoms with E-state index >= 15 is 0 Å². The van der Waals surface area contributed by atoms with Gasteiger partial charge in [-0.05, 0) is 38.3 Å². The van der Waals surface area contributed by atoms with E-state index in [0.29, 0.717) is 30.0 Å². The lowest BCUT2D eigenvalue weighted by Gasteiger charge is -2.27. The standard InChI is InChI=1S/C22H24FN5O3/c1-3-15-12-20(22(29)26-10-6-4-5-7-14(26)2)24-21-13-19(25-27(15)21)17-9-8-16(28(30)31)11-18(17)23/h8-9,11-14H,3-7,10H2,1-2H3. The Balaban J connectivity index is 1.75. The Bertz CT molecular complexity index is 1160. The molecule has 162 valence electrons. The van der Waals surface area contributed by atoms with Gasteiger partial charge in [-0.2, -0.15) is 5.10 Å². The minimum absolute atomic E-state index is 0.101. The highest BCUT2D eigenvalue weighted by molar-refractivity contribution is 5.93. The monoisotopic (exact) mass is 425 g/mol. The van der Waals surface area contributed by atoms with E-state index in [0.717, 1.165) is 37.4 Å². The van der Waals surface area contributed by atoms with Crippen LogP contribution in [0.3, 0.4) is 0 Å². The van der Waals surface area contributed by atoms with Crippen LogP contribution in [0.25, 0.3) is 16.9 Å². The predicted octanol–water partition coefficient (Wildman–Crippen LogP) is 4.41. The summed E-state index contributed by atoms with van der Waals surface area (Å²) in [6, 6.07) is 6.97. The van der Waals surface area contributed by atoms with Gasteiger partial charge in [-0.25, -0.2) is 13.9 Å². The Morgan fingerprint density at radius 2 is 2.06 bits per heavy atom. The van der Waals surface area contributed by atoms with Gasteiger partial charge in [-0.15, -0.1) is 0 Å². The average molecular weight is 425 g/mol. The first-order chi connectivity index (χ1) is 14.9. The molecule has 1 unspecified atom stereocenters. The molecule has 0 saturated carbocycles. The Kier molecular flexibility index (Phi) is 5.67. The van der Waals surface area contributed by atoms with Crippen LogP contribution in [-0.2, 0) is 6.42 Å². The van der Waals surface area contributed by atoms with Crippen molar-refractivity contribution in [2.24, 2.45) is 0 Å². The molecule has 2 aromatic heterocycles. The summed E-state index contributed by atoms with van der Waals surface area (Å²) in [4.78, 5) is 29.9. The van der Waals surface area contributed by atoms with E-state index in [1.807, 2.05) is 11.8 Å². The lowest BCUT2D eigenvalue weighted by Crippen LogP contribution is -2.38. The first-order valence-electron chi connectivity index (χ1n) is 10.5. The number of benzene rings is 1. The number of hydrogen-bond donors (Lipinski definition) is 0. The lowest BCUT2D eigenvalue weighted by atomic mass is 10.1. The van der Waals surface area contributed by atoms with Crippen molar-refractivity contribution in [1.29, 1.82) is 0 Å². The van der Waals surface area contributed by atoms with E-state index in [2.05, 4.69) is 17.0 Å². The molecule has 1 aliphatic heterocycles. The Morgan fingerprint density at radius 1 is 1.26 bits per heavy atom. The molecule has 8 nitrogen and oxygen atoms in total. The molecule has 1 atom stereocenters. The highest BCUT2D eigenvalue weighted by Crippen LogP contribution is 2.27. The zero-order chi connectivity index (χ0) is 22.1. The van der Waals surface area contributed by atoms with Crippen molar-refractivity contribution in [3.05, 3.63) is 57.7 Å². The maximum atomic E-state index is 14.5. The largest absolute Gasteiger partial charge is 0.335 e. The van der Waals surface area contributed by atoms with Crippen molar-refractivity contribution < 1.29 is 14.1 Å². The fourth-order valence-corrected chi connectivity index (χ4v) is 4.08. The third-order valence-electron chi connectivity index (χ3n) is 5.84. The second-order valence-electron chi connectivity index (χ2n) is 7.90. The first-order valence-corrected chi connectivity index (χ1v) is 10.5. The van der Waals surface area contributed by atoms with E-state index in [1.165, 1.54) is 12.1 Å². The fraction of sp³-hybridized carbons (Fsp3) is 0.409. The molecule has 1 aromatic carbocycles. The molecule has 1 fully saturated rings. The maximum Gasteiger partial charge on any atom is 0.272 e. The van der Waals surface area contributed by atoms with Crippen LogP contribution in [-0.4, -0.2) is 42.9 Å². The molecule has 0 radical (unpaired) electrons. The second-order valence-corrected chi connectivity index (χ2v) is 7.90. The van der Waals surface area contributed by atoms with Crippen molar-refractivity contribution in [3.8, 4) is 11.3 Å². The molecule has 4 rings (SSSR count). The van der Waals surface area contributed by atoms with Gasteiger partial charge in [0.25, 0.3) is 11.6 Å². The summed E-state index contributed by atoms with van der Waals surface area (Å²) in [6.07, 6.45) is 4.80. The van der Waals surface area contributed by atoms with E-state index < -0.39 is 10.7 Å². The van der Waals surface area contributed by atoms with Gasteiger partial charge in [0.05, 0.1) is 16.7 Å². The topological polar surface area (TPSA) is 93.6 Å². The summed E-state index contributed by atoms with van der Waals surface area (Å²) < 4.78 is 16.1. The van der Waals surface area contributed by atoms with Gasteiger partial charge in [-0.1, -0.05) is 19.8 Å². The summed E-state index contributed by atoms with van der Waals surface area (Å²) in [5.74, 6) is -0.832. The number of halogens is 1. The number of carbonyl (C=O) groups is 1. The lowest BCUT2D eigenvalue weighted by molar-refractivity contribution is -0.385. The van der Waals surface area contributed by atoms with Crippen LogP contribution in [0.2, 0.25) is 0 Å². The second kappa shape index (κ2) is 8.41. The Labute approximate surface area is 178 Å². The third kappa shape index (κ3) is 3.99. The molecule has 1 aliphatic rings. The number of non-ortho nitro benzene ring substituents is 1. The van der Waals surface area contributed by atoms with E-state index in [-0.39, 0.29) is 23.2 Å². The number of nitrogens with zero attached hydrogens (tertiary/aromatic N) is 5. The average Bonchev–Trinajstić information content (AvgIpc) is 3.06. The molecule has 0 spiro atoms. The SMILES string of the molecule is CCc1cc(C(=O)N2CCCCCC2C)nc2cc(-c3ccc([N+](=O)[O-])cc3F)nn12. The van der Waals surface area contributed by atoms with Crippen molar-refractivity contribution >= 4 is 17.2 Å². The van der Waals surface area contributed by atoms with Crippen LogP contribution < -0.4 is 0 Å². The van der Waals surface area contributed by atoms with Crippen LogP contribution in [0.15, 0.2) is 30.3 Å². The van der Waals surface area contributed by atoms with Gasteiger partial charge < -0.3 is 4.90 Å². The van der Waals surface area contributed by atoms with Gasteiger partial charge in [0.2, 0.25) is 0 Å². The number of nitro benzene ring substituents is 1. The number of amides is 1. The molecule has 9 heteroatoms. The molecule has 0 aliphatic carbocycles. The minimum Gasteiger partial charge on any atom is -0.335 e. The van der Waals surface area contributed by atoms with Gasteiger partial charge >= 0.3 is 0 Å². The number of hydrogen-bond acceptors (Lipinski definition) is 5. The molecule has 1 amide bonds. The Hall–Kier alpha value is -3.36. The smallest absolute Gasteiger partial charge is 0.272 e. The molecular weight excluding hydrogens is 401 g/mol. The van der Waals surface area contributed by atoms with Crippen LogP contribution >= 0.6 is 0 Å². The number of aromatic nitrogens is 3. The number of likely N-dealkylation sites (tertiary alicyclic amines) is 1. The summed E-state index contributed by atoms with van der Waals surface area (Å²) in [6.45, 7) is 4.73. The summed E-state index contributed by atoms with van der Waals surface area (Å²) in [7, 11) is 0. The summed E-state index contributed by atoms with van der Waals surface area (Å²) in [5.41, 5.74) is 1.71. The van der Waals surface area contributed by atoms with Crippen molar-refractivity contribution in [1.82, 2.24) is 19.5 Å². The van der Waals surface area contributed by atoms with Gasteiger partial charge in [0.1, 0.15) is 11.5 Å². The number of fused-ring (bicyclic) bond motifs is 1. The van der Waals surface area contributed by atoms with Crippen molar-refractivity contribution in [2.75, 3.05) is 6.54 Å². The van der Waals surface area contributed by atoms with E-state index in [9.17, 15) is 19.3 Å².